The summed E-state index contributed by atoms with van der Waals surface area (Å²) in [5.74, 6) is -0.918. The van der Waals surface area contributed by atoms with E-state index in [0.29, 0.717) is 19.3 Å². The summed E-state index contributed by atoms with van der Waals surface area (Å²) in [5, 5.41) is 0. The Morgan fingerprint density at radius 1 is 0.299 bits per heavy atom. The van der Waals surface area contributed by atoms with Gasteiger partial charge in [-0.05, 0) is 109 Å². The first-order valence-corrected chi connectivity index (χ1v) is 28.4. The van der Waals surface area contributed by atoms with Gasteiger partial charge in [-0.1, -0.05) is 222 Å². The minimum atomic E-state index is -0.791. The maximum Gasteiger partial charge on any atom is 0.306 e. The molecule has 0 heterocycles. The first-order chi connectivity index (χ1) is 33.0. The zero-order valence-corrected chi connectivity index (χ0v) is 44.2. The van der Waals surface area contributed by atoms with Crippen molar-refractivity contribution in [2.75, 3.05) is 13.2 Å². The lowest BCUT2D eigenvalue weighted by molar-refractivity contribution is -0.167. The lowest BCUT2D eigenvalue weighted by Crippen LogP contribution is -2.30. The summed E-state index contributed by atoms with van der Waals surface area (Å²) in [7, 11) is 0. The molecule has 0 spiro atoms. The van der Waals surface area contributed by atoms with E-state index in [2.05, 4.69) is 93.7 Å². The van der Waals surface area contributed by atoms with E-state index in [-0.39, 0.29) is 31.1 Å². The number of rotatable bonds is 51. The molecule has 0 aromatic rings. The molecule has 0 aliphatic rings. The van der Waals surface area contributed by atoms with Crippen LogP contribution in [0, 0.1) is 0 Å². The van der Waals surface area contributed by atoms with Crippen molar-refractivity contribution in [2.24, 2.45) is 0 Å². The van der Waals surface area contributed by atoms with Crippen LogP contribution in [0.3, 0.4) is 0 Å². The number of hydrogen-bond acceptors (Lipinski definition) is 6. The quantitative estimate of drug-likeness (QED) is 0.0262. The van der Waals surface area contributed by atoms with Crippen LogP contribution in [0.2, 0.25) is 0 Å². The minimum absolute atomic E-state index is 0.0900. The monoisotopic (exact) mass is 935 g/mol. The molecular weight excluding hydrogens is 829 g/mol. The Hall–Kier alpha value is -3.15. The third-order valence-corrected chi connectivity index (χ3v) is 12.1. The summed E-state index contributed by atoms with van der Waals surface area (Å²) in [6.45, 7) is 6.54. The molecule has 1 atom stereocenters. The van der Waals surface area contributed by atoms with Crippen LogP contribution < -0.4 is 0 Å². The molecule has 0 bridgehead atoms. The molecule has 6 nitrogen and oxygen atoms in total. The maximum absolute atomic E-state index is 12.8. The third kappa shape index (κ3) is 53.7. The van der Waals surface area contributed by atoms with Crippen LogP contribution in [0.4, 0.5) is 0 Å². The fourth-order valence-corrected chi connectivity index (χ4v) is 7.83. The molecule has 0 radical (unpaired) electrons. The Kier molecular flexibility index (Phi) is 52.8. The van der Waals surface area contributed by atoms with Crippen LogP contribution in [0.15, 0.2) is 72.9 Å². The minimum Gasteiger partial charge on any atom is -0.462 e. The number of allylic oxidation sites excluding steroid dienone is 12. The maximum atomic E-state index is 12.8. The number of carbonyl (C=O) groups is 3. The summed E-state index contributed by atoms with van der Waals surface area (Å²) in [5.41, 5.74) is 0. The van der Waals surface area contributed by atoms with E-state index < -0.39 is 6.10 Å². The molecule has 0 aliphatic heterocycles. The number of unbranched alkanes of at least 4 members (excludes halogenated alkanes) is 28. The highest BCUT2D eigenvalue weighted by atomic mass is 16.6. The van der Waals surface area contributed by atoms with Crippen LogP contribution in [-0.4, -0.2) is 37.2 Å². The summed E-state index contributed by atoms with van der Waals surface area (Å²) < 4.78 is 16.8. The summed E-state index contributed by atoms with van der Waals surface area (Å²) in [4.78, 5) is 38.1. The largest absolute Gasteiger partial charge is 0.462 e. The third-order valence-electron chi connectivity index (χ3n) is 12.1. The first kappa shape index (κ1) is 63.8. The lowest BCUT2D eigenvalue weighted by Gasteiger charge is -2.18. The van der Waals surface area contributed by atoms with Crippen molar-refractivity contribution in [3.8, 4) is 0 Å². The van der Waals surface area contributed by atoms with Gasteiger partial charge in [-0.15, -0.1) is 0 Å². The van der Waals surface area contributed by atoms with E-state index in [0.717, 1.165) is 122 Å². The highest BCUT2D eigenvalue weighted by Gasteiger charge is 2.19. The van der Waals surface area contributed by atoms with Crippen LogP contribution in [-0.2, 0) is 28.6 Å². The molecule has 386 valence electrons. The molecule has 1 unspecified atom stereocenters. The molecule has 0 rings (SSSR count). The van der Waals surface area contributed by atoms with Gasteiger partial charge in [0.15, 0.2) is 6.10 Å². The molecule has 0 amide bonds. The molecular formula is C61H106O6. The van der Waals surface area contributed by atoms with Crippen molar-refractivity contribution in [2.45, 2.75) is 284 Å². The SMILES string of the molecule is CCC/C=C\C/C=C\CCCCCCCC(=O)OCC(COC(=O)CCCCCCCC/C=C\C/C=C\C/C=C\CCCCCCC)OC(=O)CCCCCCC/C=C\CCCCCCCC. The Labute approximate surface area is 414 Å². The van der Waals surface area contributed by atoms with Crippen LogP contribution >= 0.6 is 0 Å². The molecule has 6 heteroatoms. The first-order valence-electron chi connectivity index (χ1n) is 28.4. The van der Waals surface area contributed by atoms with Crippen molar-refractivity contribution in [3.63, 3.8) is 0 Å². The van der Waals surface area contributed by atoms with Gasteiger partial charge < -0.3 is 14.2 Å². The predicted octanol–water partition coefficient (Wildman–Crippen LogP) is 19.0. The number of carbonyl (C=O) groups excluding carboxylic acids is 3. The van der Waals surface area contributed by atoms with E-state index in [1.807, 2.05) is 0 Å². The van der Waals surface area contributed by atoms with E-state index in [9.17, 15) is 14.4 Å². The van der Waals surface area contributed by atoms with Gasteiger partial charge in [-0.2, -0.15) is 0 Å². The van der Waals surface area contributed by atoms with Gasteiger partial charge in [-0.3, -0.25) is 14.4 Å². The number of hydrogen-bond donors (Lipinski definition) is 0. The Morgan fingerprint density at radius 2 is 0.567 bits per heavy atom. The van der Waals surface area contributed by atoms with Gasteiger partial charge in [0.25, 0.3) is 0 Å². The van der Waals surface area contributed by atoms with Crippen LogP contribution in [0.5, 0.6) is 0 Å². The normalized spacial score (nSPS) is 12.6. The molecule has 0 saturated heterocycles. The van der Waals surface area contributed by atoms with Gasteiger partial charge in [-0.25, -0.2) is 0 Å². The zero-order chi connectivity index (χ0) is 48.6. The van der Waals surface area contributed by atoms with Crippen molar-refractivity contribution >= 4 is 17.9 Å². The highest BCUT2D eigenvalue weighted by Crippen LogP contribution is 2.14. The molecule has 0 fully saturated rings. The molecule has 0 aliphatic carbocycles. The van der Waals surface area contributed by atoms with Gasteiger partial charge in [0, 0.05) is 19.3 Å². The van der Waals surface area contributed by atoms with Crippen molar-refractivity contribution in [1.29, 1.82) is 0 Å². The summed E-state index contributed by atoms with van der Waals surface area (Å²) >= 11 is 0. The zero-order valence-electron chi connectivity index (χ0n) is 44.2. The van der Waals surface area contributed by atoms with E-state index in [1.54, 1.807) is 0 Å². The number of esters is 3. The molecule has 0 saturated carbocycles. The molecule has 0 aromatic heterocycles. The molecule has 67 heavy (non-hydrogen) atoms. The second-order valence-corrected chi connectivity index (χ2v) is 18.8. The fourth-order valence-electron chi connectivity index (χ4n) is 7.83. The predicted molar refractivity (Wildman–Crippen MR) is 288 cm³/mol. The van der Waals surface area contributed by atoms with Crippen LogP contribution in [0.25, 0.3) is 0 Å². The smallest absolute Gasteiger partial charge is 0.306 e. The van der Waals surface area contributed by atoms with Gasteiger partial charge in [0.05, 0.1) is 0 Å². The summed E-state index contributed by atoms with van der Waals surface area (Å²) in [6, 6.07) is 0. The van der Waals surface area contributed by atoms with Gasteiger partial charge in [0.1, 0.15) is 13.2 Å². The van der Waals surface area contributed by atoms with Crippen molar-refractivity contribution in [1.82, 2.24) is 0 Å². The second-order valence-electron chi connectivity index (χ2n) is 18.8. The Balaban J connectivity index is 4.39. The Morgan fingerprint density at radius 3 is 0.910 bits per heavy atom. The topological polar surface area (TPSA) is 78.9 Å². The lowest BCUT2D eigenvalue weighted by atomic mass is 10.1. The molecule has 0 aromatic carbocycles. The second kappa shape index (κ2) is 55.4. The van der Waals surface area contributed by atoms with Gasteiger partial charge >= 0.3 is 17.9 Å². The standard InChI is InChI=1S/C61H106O6/c1-4-7-10-13-16-19-22-25-27-28-29-30-31-32-34-36-39-42-45-48-51-54-60(63)66-57-58(56-65-59(62)53-50-47-44-41-38-35-24-21-18-15-12-9-6-3)67-61(64)55-52-49-46-43-40-37-33-26-23-20-17-14-11-8-5-2/h12,15,21-22,24-26,28-29,31-33,58H,4-11,13-14,16-20,23,27,30,34-57H2,1-3H3/b15-12-,24-21-,25-22-,29-28-,32-31-,33-26-. The van der Waals surface area contributed by atoms with E-state index >= 15 is 0 Å². The average molecular weight is 936 g/mol. The Bertz CT molecular complexity index is 1260. The van der Waals surface area contributed by atoms with Crippen molar-refractivity contribution < 1.29 is 28.6 Å². The fraction of sp³-hybridized carbons (Fsp3) is 0.754. The number of ether oxygens (including phenoxy) is 3. The van der Waals surface area contributed by atoms with E-state index in [4.69, 9.17) is 14.2 Å². The van der Waals surface area contributed by atoms with Gasteiger partial charge in [0.2, 0.25) is 0 Å². The van der Waals surface area contributed by atoms with E-state index in [1.165, 1.54) is 116 Å². The van der Waals surface area contributed by atoms with Crippen molar-refractivity contribution in [3.05, 3.63) is 72.9 Å². The highest BCUT2D eigenvalue weighted by molar-refractivity contribution is 5.71. The van der Waals surface area contributed by atoms with Crippen LogP contribution in [0.1, 0.15) is 278 Å². The average Bonchev–Trinajstić information content (AvgIpc) is 3.33. The summed E-state index contributed by atoms with van der Waals surface area (Å²) in [6.07, 6.45) is 70.3. The molecule has 0 N–H and O–H groups in total.